The third kappa shape index (κ3) is 1.98. The van der Waals surface area contributed by atoms with Crippen LogP contribution in [0.25, 0.3) is 0 Å². The van der Waals surface area contributed by atoms with Gasteiger partial charge in [0.15, 0.2) is 0 Å². The van der Waals surface area contributed by atoms with E-state index in [1.165, 1.54) is 0 Å². The highest BCUT2D eigenvalue weighted by atomic mass is 16.2. The number of hydrogen-bond donors (Lipinski definition) is 1. The van der Waals surface area contributed by atoms with Crippen LogP contribution in [0.3, 0.4) is 0 Å². The maximum atomic E-state index is 12.2. The molecule has 2 fully saturated rings. The number of pyridine rings is 1. The monoisotopic (exact) mass is 297 g/mol. The Morgan fingerprint density at radius 3 is 2.82 bits per heavy atom. The molecule has 1 aliphatic carbocycles. The second-order valence-corrected chi connectivity index (χ2v) is 6.39. The third-order valence-electron chi connectivity index (χ3n) is 4.75. The number of amides is 1. The van der Waals surface area contributed by atoms with Gasteiger partial charge in [-0.3, -0.25) is 14.4 Å². The largest absolute Gasteiger partial charge is 0.396 e. The van der Waals surface area contributed by atoms with Crippen molar-refractivity contribution in [3.8, 4) is 0 Å². The molecule has 1 amide bonds. The minimum atomic E-state index is 0.0558. The number of carbonyl (C=O) groups is 1. The molecule has 1 aliphatic heterocycles. The molecule has 0 spiro atoms. The van der Waals surface area contributed by atoms with Crippen molar-refractivity contribution in [1.82, 2.24) is 14.8 Å². The lowest BCUT2D eigenvalue weighted by atomic mass is 10.1. The quantitative estimate of drug-likeness (QED) is 0.936. The van der Waals surface area contributed by atoms with Crippen LogP contribution in [0.4, 0.5) is 11.5 Å². The highest BCUT2D eigenvalue weighted by Crippen LogP contribution is 2.47. The van der Waals surface area contributed by atoms with E-state index < -0.39 is 0 Å². The Hall–Kier alpha value is -2.37. The number of hydrogen-bond acceptors (Lipinski definition) is 4. The van der Waals surface area contributed by atoms with Crippen LogP contribution < -0.4 is 10.6 Å². The zero-order valence-corrected chi connectivity index (χ0v) is 12.7. The Morgan fingerprint density at radius 1 is 1.41 bits per heavy atom. The normalized spacial score (nSPS) is 24.5. The minimum Gasteiger partial charge on any atom is -0.396 e. The molecule has 0 radical (unpaired) electrons. The van der Waals surface area contributed by atoms with Crippen LogP contribution in [0.5, 0.6) is 0 Å². The molecule has 114 valence electrons. The van der Waals surface area contributed by atoms with Crippen molar-refractivity contribution in [1.29, 1.82) is 0 Å². The van der Waals surface area contributed by atoms with Crippen molar-refractivity contribution in [3.63, 3.8) is 0 Å². The first-order valence-electron chi connectivity index (χ1n) is 7.62. The highest BCUT2D eigenvalue weighted by Gasteiger charge is 2.53. The lowest BCUT2D eigenvalue weighted by molar-refractivity contribution is -0.118. The van der Waals surface area contributed by atoms with Crippen LogP contribution in [0.2, 0.25) is 0 Å². The Bertz CT molecular complexity index is 753. The molecule has 2 aromatic heterocycles. The number of nitrogens with two attached hydrogens (primary N) is 1. The fourth-order valence-corrected chi connectivity index (χ4v) is 3.28. The first-order valence-corrected chi connectivity index (χ1v) is 7.62. The summed E-state index contributed by atoms with van der Waals surface area (Å²) < 4.78 is 1.82. The summed E-state index contributed by atoms with van der Waals surface area (Å²) in [6, 6.07) is 2.14. The van der Waals surface area contributed by atoms with E-state index in [1.54, 1.807) is 6.20 Å². The molecule has 4 rings (SSSR count). The number of aryl methyl sites for hydroxylation is 1. The average molecular weight is 297 g/mol. The zero-order valence-electron chi connectivity index (χ0n) is 12.7. The zero-order chi connectivity index (χ0) is 15.4. The second kappa shape index (κ2) is 4.56. The highest BCUT2D eigenvalue weighted by molar-refractivity contribution is 5.99. The molecular formula is C16H19N5O. The molecule has 1 saturated heterocycles. The summed E-state index contributed by atoms with van der Waals surface area (Å²) in [7, 11) is 0. The first-order chi connectivity index (χ1) is 10.5. The van der Waals surface area contributed by atoms with Crippen LogP contribution in [-0.2, 0) is 4.79 Å². The lowest BCUT2D eigenvalue weighted by Crippen LogP contribution is -2.29. The number of piperidine rings is 1. The summed E-state index contributed by atoms with van der Waals surface area (Å²) in [5.74, 6) is 1.85. The summed E-state index contributed by atoms with van der Waals surface area (Å²) in [4.78, 5) is 18.6. The van der Waals surface area contributed by atoms with Gasteiger partial charge in [0.05, 0.1) is 17.9 Å². The van der Waals surface area contributed by atoms with E-state index in [9.17, 15) is 4.79 Å². The molecule has 2 N–H and O–H groups in total. The maximum Gasteiger partial charge on any atom is 0.231 e. The van der Waals surface area contributed by atoms with Crippen molar-refractivity contribution < 1.29 is 4.79 Å². The molecular weight excluding hydrogens is 278 g/mol. The van der Waals surface area contributed by atoms with Gasteiger partial charge in [-0.15, -0.1) is 0 Å². The molecule has 1 unspecified atom stereocenters. The minimum absolute atomic E-state index is 0.0558. The van der Waals surface area contributed by atoms with Gasteiger partial charge in [0.2, 0.25) is 5.91 Å². The summed E-state index contributed by atoms with van der Waals surface area (Å²) in [5.41, 5.74) is 8.45. The molecule has 0 bridgehead atoms. The van der Waals surface area contributed by atoms with E-state index in [2.05, 4.69) is 23.1 Å². The molecule has 3 atom stereocenters. The third-order valence-corrected chi connectivity index (χ3v) is 4.75. The van der Waals surface area contributed by atoms with E-state index in [4.69, 9.17) is 5.73 Å². The van der Waals surface area contributed by atoms with Crippen LogP contribution in [0, 0.1) is 18.8 Å². The smallest absolute Gasteiger partial charge is 0.231 e. The van der Waals surface area contributed by atoms with Crippen molar-refractivity contribution in [2.45, 2.75) is 26.3 Å². The number of anilines is 2. The second-order valence-electron chi connectivity index (χ2n) is 6.39. The Labute approximate surface area is 128 Å². The summed E-state index contributed by atoms with van der Waals surface area (Å²) in [5, 5.41) is 4.25. The summed E-state index contributed by atoms with van der Waals surface area (Å²) in [6.45, 7) is 4.88. The summed E-state index contributed by atoms with van der Waals surface area (Å²) in [6.07, 6.45) is 6.35. The average Bonchev–Trinajstić information content (AvgIpc) is 3.03. The Balaban J connectivity index is 1.61. The maximum absolute atomic E-state index is 12.2. The molecule has 22 heavy (non-hydrogen) atoms. The molecule has 2 aliphatic rings. The van der Waals surface area contributed by atoms with Crippen molar-refractivity contribution in [3.05, 3.63) is 35.8 Å². The van der Waals surface area contributed by atoms with Gasteiger partial charge in [0.1, 0.15) is 5.82 Å². The fourth-order valence-electron chi connectivity index (χ4n) is 3.28. The number of nitrogen functional groups attached to an aromatic ring is 1. The van der Waals surface area contributed by atoms with Gasteiger partial charge in [-0.1, -0.05) is 0 Å². The molecule has 1 saturated carbocycles. The van der Waals surface area contributed by atoms with Crippen LogP contribution in [0.1, 0.15) is 30.5 Å². The van der Waals surface area contributed by atoms with E-state index >= 15 is 0 Å². The lowest BCUT2D eigenvalue weighted by Gasteiger charge is -2.21. The summed E-state index contributed by atoms with van der Waals surface area (Å²) >= 11 is 0. The van der Waals surface area contributed by atoms with Crippen molar-refractivity contribution in [2.75, 3.05) is 17.2 Å². The van der Waals surface area contributed by atoms with Gasteiger partial charge in [-0.05, 0) is 43.4 Å². The van der Waals surface area contributed by atoms with E-state index in [0.29, 0.717) is 11.6 Å². The van der Waals surface area contributed by atoms with Gasteiger partial charge in [0.25, 0.3) is 0 Å². The van der Waals surface area contributed by atoms with Gasteiger partial charge in [0, 0.05) is 24.9 Å². The van der Waals surface area contributed by atoms with Gasteiger partial charge in [-0.25, -0.2) is 4.98 Å². The fraction of sp³-hybridized carbons (Fsp3) is 0.438. The van der Waals surface area contributed by atoms with Gasteiger partial charge in [-0.2, -0.15) is 5.10 Å². The van der Waals surface area contributed by atoms with Gasteiger partial charge >= 0.3 is 0 Å². The van der Waals surface area contributed by atoms with Crippen LogP contribution in [0.15, 0.2) is 24.7 Å². The van der Waals surface area contributed by atoms with E-state index in [1.807, 2.05) is 28.9 Å². The van der Waals surface area contributed by atoms with Crippen molar-refractivity contribution in [2.24, 2.45) is 11.8 Å². The number of fused-ring (bicyclic) bond motifs is 1. The van der Waals surface area contributed by atoms with Crippen molar-refractivity contribution >= 4 is 17.4 Å². The van der Waals surface area contributed by atoms with Crippen LogP contribution >= 0.6 is 0 Å². The van der Waals surface area contributed by atoms with E-state index in [-0.39, 0.29) is 17.9 Å². The van der Waals surface area contributed by atoms with Gasteiger partial charge < -0.3 is 5.73 Å². The number of carbonyl (C=O) groups excluding carboxylic acids is 1. The predicted molar refractivity (Wildman–Crippen MR) is 83.4 cm³/mol. The van der Waals surface area contributed by atoms with E-state index in [0.717, 1.165) is 29.9 Å². The standard InChI is InChI=1S/C16H19N5O/c1-9-3-11(10(2)21-8-13(17)6-19-21)5-18-15(9)20-7-12-4-14(12)16(20)22/h3,5-6,8,10,12,14H,4,7,17H2,1-2H3/t10?,12-,14-/m1/s1. The Morgan fingerprint density at radius 2 is 2.23 bits per heavy atom. The van der Waals surface area contributed by atoms with Crippen LogP contribution in [-0.4, -0.2) is 27.2 Å². The molecule has 0 aromatic carbocycles. The molecule has 2 aromatic rings. The number of aromatic nitrogens is 3. The molecule has 6 nitrogen and oxygen atoms in total. The number of rotatable bonds is 3. The topological polar surface area (TPSA) is 77.0 Å². The predicted octanol–water partition coefficient (Wildman–Crippen LogP) is 1.76. The SMILES string of the molecule is Cc1cc(C(C)n2cc(N)cn2)cnc1N1C[C@H]2C[C@H]2C1=O. The number of nitrogens with zero attached hydrogens (tertiary/aromatic N) is 4. The molecule has 6 heteroatoms. The Kier molecular flexibility index (Phi) is 2.76. The first kappa shape index (κ1) is 13.3. The molecule has 3 heterocycles.